The lowest BCUT2D eigenvalue weighted by Gasteiger charge is -2.24. The monoisotopic (exact) mass is 358 g/mol. The smallest absolute Gasteiger partial charge is 0.223 e. The van der Waals surface area contributed by atoms with E-state index in [1.165, 1.54) is 0 Å². The number of likely N-dealkylation sites (N-methyl/N-ethyl adjacent to an activating group) is 1. The van der Waals surface area contributed by atoms with E-state index in [2.05, 4.69) is 9.97 Å². The van der Waals surface area contributed by atoms with Crippen molar-refractivity contribution in [2.45, 2.75) is 19.4 Å². The first kappa shape index (κ1) is 19.7. The Kier molecular flexibility index (Phi) is 7.35. The van der Waals surface area contributed by atoms with E-state index in [9.17, 15) is 9.59 Å². The van der Waals surface area contributed by atoms with Crippen molar-refractivity contribution >= 4 is 11.7 Å². The molecule has 0 aliphatic rings. The molecule has 0 atom stereocenters. The molecule has 1 heterocycles. The number of hydrogen-bond acceptors (Lipinski definition) is 5. The summed E-state index contributed by atoms with van der Waals surface area (Å²) < 4.78 is 5.09. The molecule has 0 radical (unpaired) electrons. The predicted molar refractivity (Wildman–Crippen MR) is 99.1 cm³/mol. The molecule has 1 aromatic heterocycles. The summed E-state index contributed by atoms with van der Waals surface area (Å²) in [6.45, 7) is 1.82. The normalized spacial score (nSPS) is 10.8. The van der Waals surface area contributed by atoms with Crippen molar-refractivity contribution in [2.24, 2.45) is 0 Å². The number of amides is 1. The minimum atomic E-state index is -0.0462. The lowest BCUT2D eigenvalue weighted by molar-refractivity contribution is -0.132. The third-order valence-corrected chi connectivity index (χ3v) is 4.06. The number of ketones is 1. The van der Waals surface area contributed by atoms with E-state index in [1.54, 1.807) is 48.8 Å². The van der Waals surface area contributed by atoms with Gasteiger partial charge in [0.2, 0.25) is 5.91 Å². The van der Waals surface area contributed by atoms with Crippen molar-refractivity contribution in [1.29, 1.82) is 0 Å². The molecular formula is C19H26N4O3. The Hall–Kier alpha value is -2.67. The van der Waals surface area contributed by atoms with E-state index in [4.69, 9.17) is 4.74 Å². The number of ether oxygens (including phenoxy) is 1. The van der Waals surface area contributed by atoms with E-state index in [1.807, 2.05) is 19.0 Å². The second-order valence-corrected chi connectivity index (χ2v) is 6.35. The third kappa shape index (κ3) is 6.00. The summed E-state index contributed by atoms with van der Waals surface area (Å²) in [7, 11) is 5.51. The van der Waals surface area contributed by atoms with Crippen LogP contribution in [0.25, 0.3) is 0 Å². The summed E-state index contributed by atoms with van der Waals surface area (Å²) in [5.74, 6) is 0.616. The largest absolute Gasteiger partial charge is 0.497 e. The number of aromatic nitrogens is 2. The molecule has 0 fully saturated rings. The van der Waals surface area contributed by atoms with Crippen LogP contribution in [0.15, 0.2) is 36.8 Å². The van der Waals surface area contributed by atoms with Crippen LogP contribution in [0.5, 0.6) is 5.75 Å². The number of methoxy groups -OCH3 is 1. The molecule has 0 spiro atoms. The van der Waals surface area contributed by atoms with Gasteiger partial charge in [-0.1, -0.05) is 0 Å². The number of benzene rings is 1. The van der Waals surface area contributed by atoms with Crippen molar-refractivity contribution in [3.05, 3.63) is 48.0 Å². The predicted octanol–water partition coefficient (Wildman–Crippen LogP) is 1.97. The highest BCUT2D eigenvalue weighted by Gasteiger charge is 2.17. The lowest BCUT2D eigenvalue weighted by atomic mass is 10.1. The van der Waals surface area contributed by atoms with Crippen LogP contribution < -0.4 is 4.74 Å². The number of Topliss-reactive ketones (excluding diaryl/α,β-unsaturated/α-hetero) is 1. The molecule has 0 aliphatic heterocycles. The van der Waals surface area contributed by atoms with E-state index in [0.29, 0.717) is 24.4 Å². The van der Waals surface area contributed by atoms with Crippen molar-refractivity contribution in [2.75, 3.05) is 34.3 Å². The molecule has 1 amide bonds. The van der Waals surface area contributed by atoms with Gasteiger partial charge in [-0.25, -0.2) is 4.98 Å². The van der Waals surface area contributed by atoms with Gasteiger partial charge < -0.3 is 19.5 Å². The maximum absolute atomic E-state index is 12.6. The number of nitrogens with one attached hydrogen (secondary N) is 1. The molecule has 0 bridgehead atoms. The van der Waals surface area contributed by atoms with Gasteiger partial charge in [0, 0.05) is 37.7 Å². The topological polar surface area (TPSA) is 78.5 Å². The molecule has 0 aliphatic carbocycles. The van der Waals surface area contributed by atoms with E-state index in [-0.39, 0.29) is 24.5 Å². The van der Waals surface area contributed by atoms with E-state index < -0.39 is 0 Å². The average molecular weight is 358 g/mol. The molecule has 0 saturated heterocycles. The van der Waals surface area contributed by atoms with Crippen LogP contribution >= 0.6 is 0 Å². The Morgan fingerprint density at radius 3 is 2.42 bits per heavy atom. The number of hydrogen-bond donors (Lipinski definition) is 1. The van der Waals surface area contributed by atoms with Gasteiger partial charge in [0.05, 0.1) is 25.7 Å². The molecule has 2 aromatic rings. The molecule has 2 rings (SSSR count). The number of carbonyl (C=O) groups is 2. The zero-order valence-electron chi connectivity index (χ0n) is 15.6. The third-order valence-electron chi connectivity index (χ3n) is 4.06. The number of carbonyl (C=O) groups excluding carboxylic acids is 2. The highest BCUT2D eigenvalue weighted by molar-refractivity contribution is 5.98. The van der Waals surface area contributed by atoms with Crippen molar-refractivity contribution < 1.29 is 14.3 Å². The molecule has 1 aromatic carbocycles. The van der Waals surface area contributed by atoms with Gasteiger partial charge >= 0.3 is 0 Å². The Labute approximate surface area is 154 Å². The quantitative estimate of drug-likeness (QED) is 0.657. The fourth-order valence-corrected chi connectivity index (χ4v) is 2.49. The average Bonchev–Trinajstić information content (AvgIpc) is 3.16. The molecule has 140 valence electrons. The number of H-pyrrole nitrogens is 1. The summed E-state index contributed by atoms with van der Waals surface area (Å²) in [4.78, 5) is 35.7. The van der Waals surface area contributed by atoms with Crippen LogP contribution in [-0.2, 0) is 11.3 Å². The first-order chi connectivity index (χ1) is 12.5. The Bertz CT molecular complexity index is 696. The molecule has 7 nitrogen and oxygen atoms in total. The van der Waals surface area contributed by atoms with Gasteiger partial charge in [0.25, 0.3) is 0 Å². The zero-order valence-corrected chi connectivity index (χ0v) is 15.6. The van der Waals surface area contributed by atoms with Crippen LogP contribution in [0.1, 0.15) is 28.9 Å². The van der Waals surface area contributed by atoms with Crippen molar-refractivity contribution in [3.63, 3.8) is 0 Å². The zero-order chi connectivity index (χ0) is 18.9. The van der Waals surface area contributed by atoms with Gasteiger partial charge in [0.15, 0.2) is 5.78 Å². The van der Waals surface area contributed by atoms with E-state index in [0.717, 1.165) is 12.2 Å². The Morgan fingerprint density at radius 1 is 1.12 bits per heavy atom. The van der Waals surface area contributed by atoms with Gasteiger partial charge in [-0.2, -0.15) is 0 Å². The van der Waals surface area contributed by atoms with Gasteiger partial charge in [-0.3, -0.25) is 9.59 Å². The molecular weight excluding hydrogens is 332 g/mol. The molecule has 0 saturated carbocycles. The fourth-order valence-electron chi connectivity index (χ4n) is 2.49. The van der Waals surface area contributed by atoms with Crippen LogP contribution in [-0.4, -0.2) is 65.8 Å². The van der Waals surface area contributed by atoms with Gasteiger partial charge in [-0.15, -0.1) is 0 Å². The molecule has 0 unspecified atom stereocenters. The summed E-state index contributed by atoms with van der Waals surface area (Å²) in [5, 5.41) is 0. The van der Waals surface area contributed by atoms with Crippen LogP contribution in [0.3, 0.4) is 0 Å². The van der Waals surface area contributed by atoms with Crippen molar-refractivity contribution in [3.8, 4) is 5.75 Å². The molecule has 1 N–H and O–H groups in total. The van der Waals surface area contributed by atoms with E-state index >= 15 is 0 Å². The Balaban J connectivity index is 1.92. The second kappa shape index (κ2) is 9.72. The summed E-state index contributed by atoms with van der Waals surface area (Å²) in [6.07, 6.45) is 3.68. The number of nitrogens with zero attached hydrogens (tertiary/aromatic N) is 3. The minimum Gasteiger partial charge on any atom is -0.497 e. The fraction of sp³-hybridized carbons (Fsp3) is 0.421. The number of imidazole rings is 1. The standard InChI is InChI=1S/C19H26N4O3/c1-22(2)10-11-23(13-16-12-20-14-21-16)19(25)9-8-18(24)15-4-6-17(26-3)7-5-15/h4-7,12,14H,8-11,13H2,1-3H3,(H,20,21). The first-order valence-corrected chi connectivity index (χ1v) is 8.56. The number of aromatic amines is 1. The summed E-state index contributed by atoms with van der Waals surface area (Å²) >= 11 is 0. The molecule has 26 heavy (non-hydrogen) atoms. The minimum absolute atomic E-state index is 0.0386. The SMILES string of the molecule is COc1ccc(C(=O)CCC(=O)N(CCN(C)C)Cc2cnc[nH]2)cc1. The highest BCUT2D eigenvalue weighted by atomic mass is 16.5. The van der Waals surface area contributed by atoms with Gasteiger partial charge in [-0.05, 0) is 38.4 Å². The summed E-state index contributed by atoms with van der Waals surface area (Å²) in [6, 6.07) is 6.94. The molecule has 7 heteroatoms. The van der Waals surface area contributed by atoms with Gasteiger partial charge in [0.1, 0.15) is 5.75 Å². The maximum Gasteiger partial charge on any atom is 0.223 e. The van der Waals surface area contributed by atoms with Crippen molar-refractivity contribution in [1.82, 2.24) is 19.8 Å². The summed E-state index contributed by atoms with van der Waals surface area (Å²) in [5.41, 5.74) is 1.46. The van der Waals surface area contributed by atoms with Crippen LogP contribution in [0.4, 0.5) is 0 Å². The lowest BCUT2D eigenvalue weighted by Crippen LogP contribution is -2.36. The first-order valence-electron chi connectivity index (χ1n) is 8.56. The van der Waals surface area contributed by atoms with Crippen LogP contribution in [0, 0.1) is 0 Å². The maximum atomic E-state index is 12.6. The number of rotatable bonds is 10. The second-order valence-electron chi connectivity index (χ2n) is 6.35. The van der Waals surface area contributed by atoms with Crippen LogP contribution in [0.2, 0.25) is 0 Å². The Morgan fingerprint density at radius 2 is 1.85 bits per heavy atom. The highest BCUT2D eigenvalue weighted by Crippen LogP contribution is 2.14.